The number of hydrogen-bond acceptors (Lipinski definition) is 6. The lowest BCUT2D eigenvalue weighted by atomic mass is 9.82. The molecule has 2 aliphatic heterocycles. The molecule has 2 heterocycles. The first-order valence-corrected chi connectivity index (χ1v) is 11.8. The Morgan fingerprint density at radius 3 is 2.29 bits per heavy atom. The summed E-state index contributed by atoms with van der Waals surface area (Å²) in [5.41, 5.74) is -0.748. The summed E-state index contributed by atoms with van der Waals surface area (Å²) < 4.78 is 23.2. The van der Waals surface area contributed by atoms with Crippen molar-refractivity contribution in [3.05, 3.63) is 24.8 Å². The van der Waals surface area contributed by atoms with Gasteiger partial charge in [0.1, 0.15) is 11.2 Å². The van der Waals surface area contributed by atoms with Gasteiger partial charge in [-0.3, -0.25) is 0 Å². The second kappa shape index (κ2) is 11.8. The Bertz CT molecular complexity index is 626. The van der Waals surface area contributed by atoms with Crippen LogP contribution in [-0.4, -0.2) is 49.1 Å². The van der Waals surface area contributed by atoms with Crippen LogP contribution in [0.15, 0.2) is 24.8 Å². The van der Waals surface area contributed by atoms with Crippen LogP contribution in [0.2, 0.25) is 0 Å². The molecule has 6 nitrogen and oxygen atoms in total. The van der Waals surface area contributed by atoms with Gasteiger partial charge in [0.15, 0.2) is 0 Å². The Balaban J connectivity index is 1.97. The quantitative estimate of drug-likeness (QED) is 0.302. The zero-order valence-corrected chi connectivity index (χ0v) is 19.6. The normalized spacial score (nSPS) is 23.2. The molecule has 31 heavy (non-hydrogen) atoms. The van der Waals surface area contributed by atoms with Crippen molar-refractivity contribution in [1.29, 1.82) is 0 Å². The van der Waals surface area contributed by atoms with Gasteiger partial charge in [-0.25, -0.2) is 9.59 Å². The third kappa shape index (κ3) is 6.19. The molecule has 0 saturated carbocycles. The molecule has 0 aliphatic carbocycles. The van der Waals surface area contributed by atoms with Gasteiger partial charge in [-0.2, -0.15) is 0 Å². The molecule has 2 aliphatic rings. The molecule has 0 radical (unpaired) electrons. The zero-order chi connectivity index (χ0) is 22.9. The van der Waals surface area contributed by atoms with Crippen LogP contribution in [0.25, 0.3) is 0 Å². The largest absolute Gasteiger partial charge is 0.455 e. The smallest absolute Gasteiger partial charge is 0.333 e. The number of rotatable bonds is 13. The Hall–Kier alpha value is -1.66. The highest BCUT2D eigenvalue weighted by Gasteiger charge is 2.44. The summed E-state index contributed by atoms with van der Waals surface area (Å²) in [5, 5.41) is 0. The SMILES string of the molecule is C=CC(=O)OC(CC)(CCCC(=C)C(=O)OC(CC)(CC)C1CCOC1)C1CCCO1. The predicted molar refractivity (Wildman–Crippen MR) is 120 cm³/mol. The van der Waals surface area contributed by atoms with Crippen molar-refractivity contribution in [2.24, 2.45) is 5.92 Å². The van der Waals surface area contributed by atoms with Crippen molar-refractivity contribution in [3.8, 4) is 0 Å². The summed E-state index contributed by atoms with van der Waals surface area (Å²) >= 11 is 0. The van der Waals surface area contributed by atoms with Crippen LogP contribution in [0.3, 0.4) is 0 Å². The number of esters is 2. The van der Waals surface area contributed by atoms with Crippen molar-refractivity contribution < 1.29 is 28.5 Å². The molecule has 0 spiro atoms. The number of hydrogen-bond donors (Lipinski definition) is 0. The van der Waals surface area contributed by atoms with Gasteiger partial charge < -0.3 is 18.9 Å². The van der Waals surface area contributed by atoms with Gasteiger partial charge in [0, 0.05) is 30.8 Å². The highest BCUT2D eigenvalue weighted by molar-refractivity contribution is 5.88. The minimum atomic E-state index is -0.705. The molecule has 2 fully saturated rings. The summed E-state index contributed by atoms with van der Waals surface area (Å²) in [6.07, 6.45) is 7.70. The Labute approximate surface area is 187 Å². The van der Waals surface area contributed by atoms with Crippen molar-refractivity contribution in [2.45, 2.75) is 95.9 Å². The van der Waals surface area contributed by atoms with E-state index in [2.05, 4.69) is 27.0 Å². The highest BCUT2D eigenvalue weighted by atomic mass is 16.6. The molecule has 0 aromatic rings. The van der Waals surface area contributed by atoms with Crippen molar-refractivity contribution in [2.75, 3.05) is 19.8 Å². The van der Waals surface area contributed by atoms with Crippen molar-refractivity contribution in [3.63, 3.8) is 0 Å². The van der Waals surface area contributed by atoms with E-state index in [0.29, 0.717) is 44.5 Å². The minimum absolute atomic E-state index is 0.128. The highest BCUT2D eigenvalue weighted by Crippen LogP contribution is 2.37. The molecule has 0 aromatic heterocycles. The average molecular weight is 437 g/mol. The maximum Gasteiger partial charge on any atom is 0.333 e. The molecule has 0 bridgehead atoms. The molecule has 0 amide bonds. The van der Waals surface area contributed by atoms with Gasteiger partial charge in [-0.05, 0) is 57.8 Å². The molecule has 0 N–H and O–H groups in total. The van der Waals surface area contributed by atoms with E-state index in [-0.39, 0.29) is 18.0 Å². The van der Waals surface area contributed by atoms with Crippen LogP contribution in [-0.2, 0) is 28.5 Å². The van der Waals surface area contributed by atoms with E-state index in [1.807, 2.05) is 6.92 Å². The molecule has 2 saturated heterocycles. The lowest BCUT2D eigenvalue weighted by molar-refractivity contribution is -0.172. The summed E-state index contributed by atoms with van der Waals surface area (Å²) in [6, 6.07) is 0. The predicted octanol–water partition coefficient (Wildman–Crippen LogP) is 4.91. The minimum Gasteiger partial charge on any atom is -0.455 e. The van der Waals surface area contributed by atoms with Gasteiger partial charge >= 0.3 is 11.9 Å². The van der Waals surface area contributed by atoms with Crippen LogP contribution in [0.1, 0.15) is 78.6 Å². The second-order valence-corrected chi connectivity index (χ2v) is 8.72. The topological polar surface area (TPSA) is 71.1 Å². The lowest BCUT2D eigenvalue weighted by Gasteiger charge is -2.37. The summed E-state index contributed by atoms with van der Waals surface area (Å²) in [6.45, 7) is 15.7. The van der Waals surface area contributed by atoms with Crippen LogP contribution in [0, 0.1) is 5.92 Å². The summed E-state index contributed by atoms with van der Waals surface area (Å²) in [5.74, 6) is -0.548. The van der Waals surface area contributed by atoms with Crippen LogP contribution in [0.5, 0.6) is 0 Å². The van der Waals surface area contributed by atoms with E-state index < -0.39 is 17.2 Å². The van der Waals surface area contributed by atoms with Gasteiger partial charge in [-0.15, -0.1) is 0 Å². The molecule has 0 aromatic carbocycles. The Morgan fingerprint density at radius 1 is 1.06 bits per heavy atom. The van der Waals surface area contributed by atoms with Gasteiger partial charge in [0.2, 0.25) is 0 Å². The van der Waals surface area contributed by atoms with Gasteiger partial charge in [0.25, 0.3) is 0 Å². The first kappa shape index (κ1) is 25.6. The van der Waals surface area contributed by atoms with Crippen LogP contribution >= 0.6 is 0 Å². The molecule has 3 unspecified atom stereocenters. The van der Waals surface area contributed by atoms with Crippen LogP contribution < -0.4 is 0 Å². The van der Waals surface area contributed by atoms with E-state index in [1.165, 1.54) is 6.08 Å². The molecule has 2 rings (SSSR count). The maximum atomic E-state index is 12.9. The summed E-state index contributed by atoms with van der Waals surface area (Å²) in [7, 11) is 0. The Morgan fingerprint density at radius 2 is 1.77 bits per heavy atom. The van der Waals surface area contributed by atoms with E-state index in [0.717, 1.165) is 38.7 Å². The number of carbonyl (C=O) groups excluding carboxylic acids is 2. The Kier molecular flexibility index (Phi) is 9.76. The number of carbonyl (C=O) groups is 2. The van der Waals surface area contributed by atoms with Gasteiger partial charge in [0.05, 0.1) is 12.7 Å². The van der Waals surface area contributed by atoms with Crippen molar-refractivity contribution in [1.82, 2.24) is 0 Å². The van der Waals surface area contributed by atoms with E-state index in [4.69, 9.17) is 18.9 Å². The fourth-order valence-electron chi connectivity index (χ4n) is 4.95. The van der Waals surface area contributed by atoms with E-state index >= 15 is 0 Å². The summed E-state index contributed by atoms with van der Waals surface area (Å²) in [4.78, 5) is 24.9. The fourth-order valence-corrected chi connectivity index (χ4v) is 4.95. The molecule has 6 heteroatoms. The molecular weight excluding hydrogens is 396 g/mol. The van der Waals surface area contributed by atoms with Gasteiger partial charge in [-0.1, -0.05) is 33.9 Å². The van der Waals surface area contributed by atoms with E-state index in [1.54, 1.807) is 0 Å². The molecule has 3 atom stereocenters. The van der Waals surface area contributed by atoms with Crippen LogP contribution in [0.4, 0.5) is 0 Å². The maximum absolute atomic E-state index is 12.9. The number of ether oxygens (including phenoxy) is 4. The molecular formula is C25H40O6. The molecule has 176 valence electrons. The van der Waals surface area contributed by atoms with Crippen molar-refractivity contribution >= 4 is 11.9 Å². The third-order valence-corrected chi connectivity index (χ3v) is 7.12. The standard InChI is InChI=1S/C25H40O6/c1-6-22(26)30-25(9-4,21-13-11-16-29-21)15-10-12-19(5)23(27)31-24(7-2,8-3)20-14-17-28-18-20/h6,20-21H,1,5,7-18H2,2-4H3. The lowest BCUT2D eigenvalue weighted by Crippen LogP contribution is -2.45. The first-order chi connectivity index (χ1) is 14.9. The first-order valence-electron chi connectivity index (χ1n) is 11.8. The fraction of sp³-hybridized carbons (Fsp3) is 0.760. The third-order valence-electron chi connectivity index (χ3n) is 7.12. The second-order valence-electron chi connectivity index (χ2n) is 8.72. The monoisotopic (exact) mass is 436 g/mol. The average Bonchev–Trinajstić information content (AvgIpc) is 3.51. The van der Waals surface area contributed by atoms with E-state index in [9.17, 15) is 9.59 Å². The zero-order valence-electron chi connectivity index (χ0n) is 19.6.